The first kappa shape index (κ1) is 13.7. The van der Waals surface area contributed by atoms with Gasteiger partial charge < -0.3 is 5.32 Å². The number of terminal acetylenes is 1. The molecule has 0 fully saturated rings. The lowest BCUT2D eigenvalue weighted by molar-refractivity contribution is 0.485. The predicted molar refractivity (Wildman–Crippen MR) is 72.7 cm³/mol. The van der Waals surface area contributed by atoms with Crippen molar-refractivity contribution in [2.45, 2.75) is 45.6 Å². The van der Waals surface area contributed by atoms with E-state index >= 15 is 0 Å². The smallest absolute Gasteiger partial charge is 0.0324 e. The highest BCUT2D eigenvalue weighted by Gasteiger charge is 2.12. The molecule has 1 unspecified atom stereocenters. The molecule has 0 aliphatic heterocycles. The van der Waals surface area contributed by atoms with Gasteiger partial charge in [-0.25, -0.2) is 0 Å². The fourth-order valence-corrected chi connectivity index (χ4v) is 1.97. The van der Waals surface area contributed by atoms with Crippen molar-refractivity contribution in [2.75, 3.05) is 6.54 Å². The molecule has 0 aliphatic rings. The lowest BCUT2D eigenvalue weighted by Gasteiger charge is -2.20. The molecule has 2 heteroatoms. The van der Waals surface area contributed by atoms with Gasteiger partial charge in [0.2, 0.25) is 0 Å². The van der Waals surface area contributed by atoms with Crippen molar-refractivity contribution in [3.8, 4) is 12.3 Å². The van der Waals surface area contributed by atoms with E-state index in [1.807, 2.05) is 12.4 Å². The number of hydrogen-bond acceptors (Lipinski definition) is 2. The van der Waals surface area contributed by atoms with Crippen LogP contribution in [0.2, 0.25) is 0 Å². The fraction of sp³-hybridized carbons (Fsp3) is 0.533. The molecule has 1 atom stereocenters. The Labute approximate surface area is 105 Å². The molecule has 1 aromatic rings. The molecule has 0 amide bonds. The molecule has 0 saturated carbocycles. The standard InChI is InChI=1S/C15H22N2/c1-4-6-7-8-15(17-10-5-2)14-9-11-16-12-13(14)3/h1,9,11-12,15,17H,5-8,10H2,2-3H3. The van der Waals surface area contributed by atoms with Gasteiger partial charge in [-0.3, -0.25) is 4.98 Å². The first-order chi connectivity index (χ1) is 8.29. The molecule has 1 N–H and O–H groups in total. The van der Waals surface area contributed by atoms with E-state index in [0.29, 0.717) is 6.04 Å². The third-order valence-corrected chi connectivity index (χ3v) is 2.89. The van der Waals surface area contributed by atoms with Crippen molar-refractivity contribution in [2.24, 2.45) is 0 Å². The molecule has 1 rings (SSSR count). The molecule has 0 bridgehead atoms. The van der Waals surface area contributed by atoms with Crippen LogP contribution in [0.3, 0.4) is 0 Å². The van der Waals surface area contributed by atoms with Crippen molar-refractivity contribution >= 4 is 0 Å². The minimum Gasteiger partial charge on any atom is -0.310 e. The number of nitrogens with zero attached hydrogens (tertiary/aromatic N) is 1. The Kier molecular flexibility index (Phi) is 6.35. The monoisotopic (exact) mass is 230 g/mol. The molecular formula is C15H22N2. The largest absolute Gasteiger partial charge is 0.310 e. The quantitative estimate of drug-likeness (QED) is 0.574. The number of aryl methyl sites for hydroxylation is 1. The molecule has 1 aromatic heterocycles. The number of nitrogens with one attached hydrogen (secondary N) is 1. The summed E-state index contributed by atoms with van der Waals surface area (Å²) in [6.07, 6.45) is 13.3. The van der Waals surface area contributed by atoms with Crippen LogP contribution in [0.1, 0.15) is 49.8 Å². The molecular weight excluding hydrogens is 208 g/mol. The summed E-state index contributed by atoms with van der Waals surface area (Å²) >= 11 is 0. The third kappa shape index (κ3) is 4.58. The molecule has 0 saturated heterocycles. The summed E-state index contributed by atoms with van der Waals surface area (Å²) < 4.78 is 0. The number of unbranched alkanes of at least 4 members (excludes halogenated alkanes) is 1. The Bertz CT molecular complexity index is 365. The van der Waals surface area contributed by atoms with Crippen LogP contribution in [-0.4, -0.2) is 11.5 Å². The van der Waals surface area contributed by atoms with Crippen LogP contribution in [0.4, 0.5) is 0 Å². The van der Waals surface area contributed by atoms with Crippen LogP contribution >= 0.6 is 0 Å². The minimum absolute atomic E-state index is 0.409. The predicted octanol–water partition coefficient (Wildman–Crippen LogP) is 3.23. The Morgan fingerprint density at radius 2 is 2.35 bits per heavy atom. The molecule has 0 radical (unpaired) electrons. The van der Waals surface area contributed by atoms with E-state index in [0.717, 1.165) is 32.2 Å². The van der Waals surface area contributed by atoms with Gasteiger partial charge in [0.05, 0.1) is 0 Å². The summed E-state index contributed by atoms with van der Waals surface area (Å²) in [7, 11) is 0. The maximum absolute atomic E-state index is 5.30. The van der Waals surface area contributed by atoms with E-state index < -0.39 is 0 Å². The summed E-state index contributed by atoms with van der Waals surface area (Å²) in [6.45, 7) is 5.34. The van der Waals surface area contributed by atoms with Gasteiger partial charge in [-0.05, 0) is 49.9 Å². The number of hydrogen-bond donors (Lipinski definition) is 1. The zero-order valence-electron chi connectivity index (χ0n) is 10.9. The summed E-state index contributed by atoms with van der Waals surface area (Å²) in [5.74, 6) is 2.71. The Morgan fingerprint density at radius 3 is 3.00 bits per heavy atom. The van der Waals surface area contributed by atoms with Crippen LogP contribution in [0, 0.1) is 19.3 Å². The lowest BCUT2D eigenvalue weighted by Crippen LogP contribution is -2.23. The van der Waals surface area contributed by atoms with E-state index in [4.69, 9.17) is 6.42 Å². The van der Waals surface area contributed by atoms with E-state index in [-0.39, 0.29) is 0 Å². The first-order valence-electron chi connectivity index (χ1n) is 6.37. The number of rotatable bonds is 7. The lowest BCUT2D eigenvalue weighted by atomic mass is 9.98. The zero-order valence-corrected chi connectivity index (χ0v) is 10.9. The van der Waals surface area contributed by atoms with Gasteiger partial charge in [-0.1, -0.05) is 6.92 Å². The average molecular weight is 230 g/mol. The van der Waals surface area contributed by atoms with Gasteiger partial charge in [-0.2, -0.15) is 0 Å². The zero-order chi connectivity index (χ0) is 12.5. The second kappa shape index (κ2) is 7.86. The highest BCUT2D eigenvalue weighted by atomic mass is 14.9. The van der Waals surface area contributed by atoms with Crippen molar-refractivity contribution in [1.82, 2.24) is 10.3 Å². The van der Waals surface area contributed by atoms with Crippen LogP contribution < -0.4 is 5.32 Å². The van der Waals surface area contributed by atoms with Gasteiger partial charge in [0.1, 0.15) is 0 Å². The van der Waals surface area contributed by atoms with Crippen LogP contribution in [0.5, 0.6) is 0 Å². The van der Waals surface area contributed by atoms with Gasteiger partial charge in [0.25, 0.3) is 0 Å². The van der Waals surface area contributed by atoms with Gasteiger partial charge in [-0.15, -0.1) is 12.3 Å². The topological polar surface area (TPSA) is 24.9 Å². The van der Waals surface area contributed by atoms with E-state index in [9.17, 15) is 0 Å². The Balaban J connectivity index is 2.68. The van der Waals surface area contributed by atoms with E-state index in [2.05, 4.69) is 36.1 Å². The average Bonchev–Trinajstić information content (AvgIpc) is 2.35. The maximum atomic E-state index is 5.30. The number of pyridine rings is 1. The third-order valence-electron chi connectivity index (χ3n) is 2.89. The van der Waals surface area contributed by atoms with Gasteiger partial charge >= 0.3 is 0 Å². The minimum atomic E-state index is 0.409. The molecule has 2 nitrogen and oxygen atoms in total. The molecule has 92 valence electrons. The van der Waals surface area contributed by atoms with E-state index in [1.165, 1.54) is 11.1 Å². The highest BCUT2D eigenvalue weighted by Crippen LogP contribution is 2.21. The Morgan fingerprint density at radius 1 is 1.53 bits per heavy atom. The SMILES string of the molecule is C#CCCCC(NCCC)c1ccncc1C. The van der Waals surface area contributed by atoms with Crippen molar-refractivity contribution in [3.05, 3.63) is 29.6 Å². The van der Waals surface area contributed by atoms with Crippen molar-refractivity contribution < 1.29 is 0 Å². The molecule has 0 spiro atoms. The molecule has 0 aromatic carbocycles. The van der Waals surface area contributed by atoms with Crippen LogP contribution in [-0.2, 0) is 0 Å². The normalized spacial score (nSPS) is 12.1. The van der Waals surface area contributed by atoms with E-state index in [1.54, 1.807) is 0 Å². The maximum Gasteiger partial charge on any atom is 0.0324 e. The summed E-state index contributed by atoms with van der Waals surface area (Å²) in [5, 5.41) is 3.59. The summed E-state index contributed by atoms with van der Waals surface area (Å²) in [6, 6.07) is 2.52. The Hall–Kier alpha value is -1.33. The fourth-order valence-electron chi connectivity index (χ4n) is 1.97. The molecule has 17 heavy (non-hydrogen) atoms. The second-order valence-corrected chi connectivity index (χ2v) is 4.34. The summed E-state index contributed by atoms with van der Waals surface area (Å²) in [4.78, 5) is 4.14. The number of aromatic nitrogens is 1. The van der Waals surface area contributed by atoms with Crippen molar-refractivity contribution in [1.29, 1.82) is 0 Å². The van der Waals surface area contributed by atoms with Gasteiger partial charge in [0.15, 0.2) is 0 Å². The summed E-state index contributed by atoms with van der Waals surface area (Å²) in [5.41, 5.74) is 2.60. The van der Waals surface area contributed by atoms with Crippen LogP contribution in [0.25, 0.3) is 0 Å². The highest BCUT2D eigenvalue weighted by molar-refractivity contribution is 5.25. The van der Waals surface area contributed by atoms with Crippen molar-refractivity contribution in [3.63, 3.8) is 0 Å². The molecule has 0 aliphatic carbocycles. The second-order valence-electron chi connectivity index (χ2n) is 4.34. The van der Waals surface area contributed by atoms with Gasteiger partial charge in [0, 0.05) is 24.9 Å². The first-order valence-corrected chi connectivity index (χ1v) is 6.37. The van der Waals surface area contributed by atoms with Crippen LogP contribution in [0.15, 0.2) is 18.5 Å². The molecule has 1 heterocycles.